The molecule has 0 aliphatic rings. The molecule has 0 radical (unpaired) electrons. The first kappa shape index (κ1) is 15.4. The van der Waals surface area contributed by atoms with Crippen LogP contribution < -0.4 is 16.2 Å². The SMILES string of the molecule is COc1ccc(CN)cc1.NCc1ccc2nsnc2c1. The zero-order chi connectivity index (χ0) is 15.1. The van der Waals surface area contributed by atoms with Crippen molar-refractivity contribution in [2.75, 3.05) is 7.11 Å². The molecule has 0 bridgehead atoms. The van der Waals surface area contributed by atoms with Gasteiger partial charge in [-0.05, 0) is 35.4 Å². The monoisotopic (exact) mass is 302 g/mol. The molecule has 0 spiro atoms. The summed E-state index contributed by atoms with van der Waals surface area (Å²) >= 11 is 1.23. The number of nitrogens with zero attached hydrogens (tertiary/aromatic N) is 2. The van der Waals surface area contributed by atoms with E-state index in [2.05, 4.69) is 8.75 Å². The van der Waals surface area contributed by atoms with E-state index in [-0.39, 0.29) is 0 Å². The van der Waals surface area contributed by atoms with Gasteiger partial charge in [-0.3, -0.25) is 0 Å². The van der Waals surface area contributed by atoms with Crippen molar-refractivity contribution in [3.8, 4) is 5.75 Å². The molecule has 0 aliphatic carbocycles. The van der Waals surface area contributed by atoms with E-state index in [9.17, 15) is 0 Å². The van der Waals surface area contributed by atoms with E-state index in [1.54, 1.807) is 7.11 Å². The van der Waals surface area contributed by atoms with E-state index in [0.29, 0.717) is 13.1 Å². The average molecular weight is 302 g/mol. The second-order valence-corrected chi connectivity index (χ2v) is 4.87. The minimum atomic E-state index is 0.563. The summed E-state index contributed by atoms with van der Waals surface area (Å²) in [5.41, 5.74) is 15.0. The van der Waals surface area contributed by atoms with Crippen LogP contribution in [0, 0.1) is 0 Å². The molecule has 3 rings (SSSR count). The largest absolute Gasteiger partial charge is 0.497 e. The molecule has 110 valence electrons. The smallest absolute Gasteiger partial charge is 0.118 e. The van der Waals surface area contributed by atoms with Gasteiger partial charge in [0, 0.05) is 13.1 Å². The Labute approximate surface area is 127 Å². The minimum Gasteiger partial charge on any atom is -0.497 e. The van der Waals surface area contributed by atoms with Crippen molar-refractivity contribution in [2.45, 2.75) is 13.1 Å². The van der Waals surface area contributed by atoms with Gasteiger partial charge in [-0.15, -0.1) is 0 Å². The molecule has 21 heavy (non-hydrogen) atoms. The molecular formula is C15H18N4OS. The summed E-state index contributed by atoms with van der Waals surface area (Å²) in [6, 6.07) is 13.6. The van der Waals surface area contributed by atoms with Crippen LogP contribution in [-0.2, 0) is 13.1 Å². The fourth-order valence-corrected chi connectivity index (χ4v) is 2.23. The van der Waals surface area contributed by atoms with Crippen LogP contribution in [0.4, 0.5) is 0 Å². The average Bonchev–Trinajstić information content (AvgIpc) is 3.03. The molecule has 1 heterocycles. The lowest BCUT2D eigenvalue weighted by atomic mass is 10.2. The predicted octanol–water partition coefficient (Wildman–Crippen LogP) is 2.30. The number of hydrogen-bond donors (Lipinski definition) is 2. The highest BCUT2D eigenvalue weighted by molar-refractivity contribution is 7.00. The van der Waals surface area contributed by atoms with Crippen LogP contribution in [0.15, 0.2) is 42.5 Å². The summed E-state index contributed by atoms with van der Waals surface area (Å²) in [6.07, 6.45) is 0. The normalized spacial score (nSPS) is 10.0. The molecule has 6 heteroatoms. The maximum atomic E-state index is 5.46. The van der Waals surface area contributed by atoms with Crippen molar-refractivity contribution < 1.29 is 4.74 Å². The third kappa shape index (κ3) is 4.22. The molecule has 0 saturated heterocycles. The quantitative estimate of drug-likeness (QED) is 0.775. The molecule has 0 unspecified atom stereocenters. The summed E-state index contributed by atoms with van der Waals surface area (Å²) in [5, 5.41) is 0. The van der Waals surface area contributed by atoms with Crippen molar-refractivity contribution in [2.24, 2.45) is 11.5 Å². The summed E-state index contributed by atoms with van der Waals surface area (Å²) in [6.45, 7) is 1.15. The van der Waals surface area contributed by atoms with Crippen molar-refractivity contribution >= 4 is 22.8 Å². The van der Waals surface area contributed by atoms with Crippen molar-refractivity contribution in [1.82, 2.24) is 8.75 Å². The van der Waals surface area contributed by atoms with Crippen molar-refractivity contribution in [1.29, 1.82) is 0 Å². The molecule has 0 atom stereocenters. The third-order valence-electron chi connectivity index (χ3n) is 2.95. The van der Waals surface area contributed by atoms with Gasteiger partial charge in [0.25, 0.3) is 0 Å². The summed E-state index contributed by atoms with van der Waals surface area (Å²) < 4.78 is 13.2. The first-order chi connectivity index (χ1) is 10.3. The van der Waals surface area contributed by atoms with Gasteiger partial charge in [0.1, 0.15) is 16.8 Å². The zero-order valence-electron chi connectivity index (χ0n) is 11.8. The first-order valence-electron chi connectivity index (χ1n) is 6.51. The lowest BCUT2D eigenvalue weighted by Gasteiger charge is -1.99. The zero-order valence-corrected chi connectivity index (χ0v) is 12.6. The number of rotatable bonds is 3. The van der Waals surface area contributed by atoms with Gasteiger partial charge in [0.05, 0.1) is 18.8 Å². The number of ether oxygens (including phenoxy) is 1. The molecule has 2 aromatic carbocycles. The van der Waals surface area contributed by atoms with Crippen LogP contribution in [-0.4, -0.2) is 15.9 Å². The van der Waals surface area contributed by atoms with E-state index in [1.807, 2.05) is 42.5 Å². The highest BCUT2D eigenvalue weighted by atomic mass is 32.1. The third-order valence-corrected chi connectivity index (χ3v) is 3.51. The van der Waals surface area contributed by atoms with E-state index in [1.165, 1.54) is 11.7 Å². The first-order valence-corrected chi connectivity index (χ1v) is 7.24. The molecule has 4 N–H and O–H groups in total. The van der Waals surface area contributed by atoms with Gasteiger partial charge in [-0.1, -0.05) is 18.2 Å². The van der Waals surface area contributed by atoms with Crippen molar-refractivity contribution in [3.05, 3.63) is 53.6 Å². The Hall–Kier alpha value is -2.02. The van der Waals surface area contributed by atoms with Crippen LogP contribution >= 0.6 is 11.7 Å². The Morgan fingerprint density at radius 1 is 0.905 bits per heavy atom. The second kappa shape index (κ2) is 7.68. The number of fused-ring (bicyclic) bond motifs is 1. The fraction of sp³-hybridized carbons (Fsp3) is 0.200. The molecule has 0 amide bonds. The number of hydrogen-bond acceptors (Lipinski definition) is 6. The number of aromatic nitrogens is 2. The summed E-state index contributed by atoms with van der Waals surface area (Å²) in [4.78, 5) is 0. The Morgan fingerprint density at radius 3 is 2.14 bits per heavy atom. The topological polar surface area (TPSA) is 87.0 Å². The van der Waals surface area contributed by atoms with Gasteiger partial charge in [-0.2, -0.15) is 8.75 Å². The fourth-order valence-electron chi connectivity index (χ4n) is 1.72. The van der Waals surface area contributed by atoms with Crippen LogP contribution in [0.1, 0.15) is 11.1 Å². The molecule has 0 aliphatic heterocycles. The lowest BCUT2D eigenvalue weighted by Crippen LogP contribution is -1.95. The summed E-state index contributed by atoms with van der Waals surface area (Å²) in [7, 11) is 1.65. The van der Waals surface area contributed by atoms with Crippen molar-refractivity contribution in [3.63, 3.8) is 0 Å². The maximum Gasteiger partial charge on any atom is 0.118 e. The van der Waals surface area contributed by atoms with Gasteiger partial charge < -0.3 is 16.2 Å². The minimum absolute atomic E-state index is 0.563. The van der Waals surface area contributed by atoms with E-state index >= 15 is 0 Å². The Kier molecular flexibility index (Phi) is 5.62. The highest BCUT2D eigenvalue weighted by Crippen LogP contribution is 2.12. The number of methoxy groups -OCH3 is 1. The Morgan fingerprint density at radius 2 is 1.52 bits per heavy atom. The molecule has 1 aromatic heterocycles. The number of nitrogens with two attached hydrogens (primary N) is 2. The van der Waals surface area contributed by atoms with Crippen LogP contribution in [0.2, 0.25) is 0 Å². The van der Waals surface area contributed by atoms with Crippen LogP contribution in [0.5, 0.6) is 5.75 Å². The Bertz CT molecular complexity index is 658. The molecule has 3 aromatic rings. The predicted molar refractivity (Wildman–Crippen MR) is 86.2 cm³/mol. The number of benzene rings is 2. The van der Waals surface area contributed by atoms with Gasteiger partial charge >= 0.3 is 0 Å². The molecule has 0 saturated carbocycles. The van der Waals surface area contributed by atoms with E-state index in [0.717, 1.165) is 27.9 Å². The van der Waals surface area contributed by atoms with Gasteiger partial charge in [-0.25, -0.2) is 0 Å². The second-order valence-electron chi connectivity index (χ2n) is 4.34. The Balaban J connectivity index is 0.000000155. The highest BCUT2D eigenvalue weighted by Gasteiger charge is 1.97. The van der Waals surface area contributed by atoms with Crippen LogP contribution in [0.3, 0.4) is 0 Å². The van der Waals surface area contributed by atoms with Gasteiger partial charge in [0.15, 0.2) is 0 Å². The lowest BCUT2D eigenvalue weighted by molar-refractivity contribution is 0.414. The molecular weight excluding hydrogens is 284 g/mol. The van der Waals surface area contributed by atoms with Crippen LogP contribution in [0.25, 0.3) is 11.0 Å². The molecule has 5 nitrogen and oxygen atoms in total. The standard InChI is InChI=1S/C8H11NO.C7H7N3S/c1-10-8-4-2-7(6-9)3-5-8;8-4-5-1-2-6-7(3-5)10-11-9-6/h2-5H,6,9H2,1H3;1-3H,4,8H2. The maximum absolute atomic E-state index is 5.46. The summed E-state index contributed by atoms with van der Waals surface area (Å²) in [5.74, 6) is 0.872. The van der Waals surface area contributed by atoms with E-state index in [4.69, 9.17) is 16.2 Å². The van der Waals surface area contributed by atoms with E-state index < -0.39 is 0 Å². The molecule has 0 fully saturated rings. The van der Waals surface area contributed by atoms with Gasteiger partial charge in [0.2, 0.25) is 0 Å².